The van der Waals surface area contributed by atoms with Gasteiger partial charge in [0.1, 0.15) is 5.75 Å². The molecule has 20 heavy (non-hydrogen) atoms. The number of benzene rings is 1. The molecule has 1 aromatic carbocycles. The van der Waals surface area contributed by atoms with Crippen LogP contribution < -0.4 is 10.5 Å². The van der Waals surface area contributed by atoms with E-state index >= 15 is 0 Å². The monoisotopic (exact) mass is 278 g/mol. The predicted octanol–water partition coefficient (Wildman–Crippen LogP) is 1.79. The highest BCUT2D eigenvalue weighted by Gasteiger charge is 2.31. The molecule has 0 heterocycles. The summed E-state index contributed by atoms with van der Waals surface area (Å²) in [6, 6.07) is 8.32. The lowest BCUT2D eigenvalue weighted by Gasteiger charge is -2.39. The molecule has 0 aliphatic heterocycles. The summed E-state index contributed by atoms with van der Waals surface area (Å²) in [6.45, 7) is 3.01. The largest absolute Gasteiger partial charge is 0.497 e. The average Bonchev–Trinajstić information content (AvgIpc) is 2.37. The predicted molar refractivity (Wildman–Crippen MR) is 80.7 cm³/mol. The highest BCUT2D eigenvalue weighted by atomic mass is 16.5. The zero-order valence-corrected chi connectivity index (χ0v) is 12.6. The van der Waals surface area contributed by atoms with Gasteiger partial charge in [-0.25, -0.2) is 0 Å². The summed E-state index contributed by atoms with van der Waals surface area (Å²) in [6.07, 6.45) is 1.72. The molecule has 3 N–H and O–H groups in total. The van der Waals surface area contributed by atoms with E-state index in [1.807, 2.05) is 19.1 Å². The summed E-state index contributed by atoms with van der Waals surface area (Å²) >= 11 is 0. The SMILES string of the molecule is COc1cccc(C(C(C)N)N(C)CC2CC(O)C2)c1. The first kappa shape index (κ1) is 15.3. The number of hydrogen-bond donors (Lipinski definition) is 2. The van der Waals surface area contributed by atoms with Crippen LogP contribution in [-0.4, -0.2) is 42.9 Å². The summed E-state index contributed by atoms with van der Waals surface area (Å²) < 4.78 is 5.30. The van der Waals surface area contributed by atoms with Gasteiger partial charge in [0.2, 0.25) is 0 Å². The molecule has 1 aliphatic rings. The van der Waals surface area contributed by atoms with Crippen LogP contribution >= 0.6 is 0 Å². The molecule has 0 amide bonds. The number of aliphatic hydroxyl groups excluding tert-OH is 1. The molecular weight excluding hydrogens is 252 g/mol. The number of methoxy groups -OCH3 is 1. The van der Waals surface area contributed by atoms with Crippen LogP contribution in [0.15, 0.2) is 24.3 Å². The van der Waals surface area contributed by atoms with Gasteiger partial charge in [0.05, 0.1) is 13.2 Å². The van der Waals surface area contributed by atoms with Crippen molar-refractivity contribution in [3.8, 4) is 5.75 Å². The van der Waals surface area contributed by atoms with Gasteiger partial charge >= 0.3 is 0 Å². The second-order valence-electron chi connectivity index (χ2n) is 6.01. The van der Waals surface area contributed by atoms with Crippen molar-refractivity contribution < 1.29 is 9.84 Å². The van der Waals surface area contributed by atoms with Crippen molar-refractivity contribution in [2.45, 2.75) is 38.0 Å². The van der Waals surface area contributed by atoms with Crippen LogP contribution in [-0.2, 0) is 0 Å². The summed E-state index contributed by atoms with van der Waals surface area (Å²) in [4.78, 5) is 2.30. The zero-order valence-electron chi connectivity index (χ0n) is 12.6. The Hall–Kier alpha value is -1.10. The molecule has 0 spiro atoms. The lowest BCUT2D eigenvalue weighted by molar-refractivity contribution is 0.0203. The van der Waals surface area contributed by atoms with Crippen molar-refractivity contribution in [1.82, 2.24) is 4.90 Å². The van der Waals surface area contributed by atoms with Crippen molar-refractivity contribution in [2.24, 2.45) is 11.7 Å². The maximum atomic E-state index is 9.40. The first-order valence-electron chi connectivity index (χ1n) is 7.29. The molecule has 0 radical (unpaired) electrons. The molecular formula is C16H26N2O2. The molecule has 0 saturated heterocycles. The Morgan fingerprint density at radius 3 is 2.70 bits per heavy atom. The summed E-state index contributed by atoms with van der Waals surface area (Å²) in [5.41, 5.74) is 7.37. The van der Waals surface area contributed by atoms with Gasteiger partial charge in [0.25, 0.3) is 0 Å². The molecule has 1 aliphatic carbocycles. The summed E-state index contributed by atoms with van der Waals surface area (Å²) in [7, 11) is 3.79. The van der Waals surface area contributed by atoms with E-state index in [1.165, 1.54) is 5.56 Å². The smallest absolute Gasteiger partial charge is 0.119 e. The number of aliphatic hydroxyl groups is 1. The topological polar surface area (TPSA) is 58.7 Å². The minimum atomic E-state index is -0.0982. The van der Waals surface area contributed by atoms with Gasteiger partial charge in [-0.1, -0.05) is 12.1 Å². The molecule has 4 heteroatoms. The average molecular weight is 278 g/mol. The first-order chi connectivity index (χ1) is 9.51. The lowest BCUT2D eigenvalue weighted by Crippen LogP contribution is -2.43. The second-order valence-corrected chi connectivity index (χ2v) is 6.01. The molecule has 112 valence electrons. The number of ether oxygens (including phenoxy) is 1. The Morgan fingerprint density at radius 2 is 2.15 bits per heavy atom. The number of likely N-dealkylation sites (N-methyl/N-ethyl adjacent to an activating group) is 1. The Labute approximate surface area is 121 Å². The first-order valence-corrected chi connectivity index (χ1v) is 7.29. The lowest BCUT2D eigenvalue weighted by atomic mass is 9.81. The Kier molecular flexibility index (Phi) is 5.02. The molecule has 2 unspecified atom stereocenters. The third-order valence-corrected chi connectivity index (χ3v) is 4.17. The fraction of sp³-hybridized carbons (Fsp3) is 0.625. The summed E-state index contributed by atoms with van der Waals surface area (Å²) in [5, 5.41) is 9.40. The number of nitrogens with zero attached hydrogens (tertiary/aromatic N) is 1. The van der Waals surface area contributed by atoms with Crippen LogP contribution in [0.25, 0.3) is 0 Å². The third kappa shape index (κ3) is 3.51. The highest BCUT2D eigenvalue weighted by Crippen LogP contribution is 2.32. The standard InChI is InChI=1S/C16H26N2O2/c1-11(17)16(13-5-4-6-15(9-13)20-3)18(2)10-12-7-14(19)8-12/h4-6,9,11-12,14,16,19H,7-8,10,17H2,1-3H3. The van der Waals surface area contributed by atoms with Crippen LogP contribution in [0.2, 0.25) is 0 Å². The van der Waals surface area contributed by atoms with Crippen molar-refractivity contribution in [3.05, 3.63) is 29.8 Å². The van der Waals surface area contributed by atoms with E-state index in [1.54, 1.807) is 7.11 Å². The minimum absolute atomic E-state index is 0.0390. The maximum Gasteiger partial charge on any atom is 0.119 e. The van der Waals surface area contributed by atoms with Crippen LogP contribution in [0.3, 0.4) is 0 Å². The van der Waals surface area contributed by atoms with E-state index in [4.69, 9.17) is 10.5 Å². The Bertz CT molecular complexity index is 430. The van der Waals surface area contributed by atoms with E-state index in [-0.39, 0.29) is 18.2 Å². The Morgan fingerprint density at radius 1 is 1.45 bits per heavy atom. The van der Waals surface area contributed by atoms with Gasteiger partial charge in [0, 0.05) is 18.6 Å². The van der Waals surface area contributed by atoms with E-state index in [9.17, 15) is 5.11 Å². The van der Waals surface area contributed by atoms with Crippen molar-refractivity contribution in [2.75, 3.05) is 20.7 Å². The number of rotatable bonds is 6. The van der Waals surface area contributed by atoms with Gasteiger partial charge in [-0.05, 0) is 50.4 Å². The van der Waals surface area contributed by atoms with Crippen LogP contribution in [0.4, 0.5) is 0 Å². The third-order valence-electron chi connectivity index (χ3n) is 4.17. The maximum absolute atomic E-state index is 9.40. The molecule has 2 atom stereocenters. The summed E-state index contributed by atoms with van der Waals surface area (Å²) in [5.74, 6) is 1.45. The van der Waals surface area contributed by atoms with Crippen LogP contribution in [0.5, 0.6) is 5.75 Å². The van der Waals surface area contributed by atoms with Crippen LogP contribution in [0.1, 0.15) is 31.4 Å². The second kappa shape index (κ2) is 6.57. The van der Waals surface area contributed by atoms with Gasteiger partial charge in [0.15, 0.2) is 0 Å². The van der Waals surface area contributed by atoms with E-state index in [0.717, 1.165) is 25.1 Å². The molecule has 2 rings (SSSR count). The molecule has 0 aromatic heterocycles. The molecule has 4 nitrogen and oxygen atoms in total. The quantitative estimate of drug-likeness (QED) is 0.833. The fourth-order valence-corrected chi connectivity index (χ4v) is 3.16. The van der Waals surface area contributed by atoms with E-state index < -0.39 is 0 Å². The Balaban J connectivity index is 2.08. The van der Waals surface area contributed by atoms with Crippen molar-refractivity contribution >= 4 is 0 Å². The molecule has 1 saturated carbocycles. The van der Waals surface area contributed by atoms with E-state index in [0.29, 0.717) is 5.92 Å². The van der Waals surface area contributed by atoms with E-state index in [2.05, 4.69) is 24.1 Å². The minimum Gasteiger partial charge on any atom is -0.497 e. The molecule has 0 bridgehead atoms. The van der Waals surface area contributed by atoms with Crippen molar-refractivity contribution in [1.29, 1.82) is 0 Å². The van der Waals surface area contributed by atoms with Gasteiger partial charge < -0.3 is 15.6 Å². The van der Waals surface area contributed by atoms with Gasteiger partial charge in [-0.15, -0.1) is 0 Å². The molecule has 1 fully saturated rings. The van der Waals surface area contributed by atoms with Gasteiger partial charge in [-0.2, -0.15) is 0 Å². The zero-order chi connectivity index (χ0) is 14.7. The van der Waals surface area contributed by atoms with Gasteiger partial charge in [-0.3, -0.25) is 4.90 Å². The number of hydrogen-bond acceptors (Lipinski definition) is 4. The van der Waals surface area contributed by atoms with Crippen LogP contribution in [0, 0.1) is 5.92 Å². The van der Waals surface area contributed by atoms with Crippen molar-refractivity contribution in [3.63, 3.8) is 0 Å². The number of nitrogens with two attached hydrogens (primary N) is 1. The normalized spacial score (nSPS) is 25.1. The highest BCUT2D eigenvalue weighted by molar-refractivity contribution is 5.31. The molecule has 1 aromatic rings. The fourth-order valence-electron chi connectivity index (χ4n) is 3.16.